The second-order valence-corrected chi connectivity index (χ2v) is 5.66. The van der Waals surface area contributed by atoms with Gasteiger partial charge in [-0.15, -0.1) is 0 Å². The maximum atomic E-state index is 5.46. The predicted octanol–water partition coefficient (Wildman–Crippen LogP) is 3.24. The van der Waals surface area contributed by atoms with E-state index >= 15 is 0 Å². The van der Waals surface area contributed by atoms with E-state index in [1.807, 2.05) is 54.6 Å². The van der Waals surface area contributed by atoms with Crippen molar-refractivity contribution in [1.82, 2.24) is 0 Å². The molecular weight excluding hydrogens is 292 g/mol. The van der Waals surface area contributed by atoms with Gasteiger partial charge in [0.2, 0.25) is 0 Å². The molecule has 2 aliphatic rings. The van der Waals surface area contributed by atoms with E-state index in [9.17, 15) is 0 Å². The third-order valence-electron chi connectivity index (χ3n) is 3.44. The molecule has 0 aromatic heterocycles. The van der Waals surface area contributed by atoms with Gasteiger partial charge in [-0.2, -0.15) is 0 Å². The summed E-state index contributed by atoms with van der Waals surface area (Å²) >= 11 is 0. The van der Waals surface area contributed by atoms with E-state index in [1.165, 1.54) is 5.56 Å². The first-order valence-electron chi connectivity index (χ1n) is 7.90. The number of benzene rings is 2. The standard InChI is InChI=1S/C10H12O2.C9H10O2/c1-8-2-4-9(5-3-8)11-6-10-7-12-10;1-2-4-8(5-3-1)10-6-9-7-11-9/h2-5,10H,6-7H2,1H3;1-5,9H,6-7H2. The Labute approximate surface area is 136 Å². The second-order valence-electron chi connectivity index (χ2n) is 5.66. The van der Waals surface area contributed by atoms with Crippen molar-refractivity contribution in [2.24, 2.45) is 0 Å². The summed E-state index contributed by atoms with van der Waals surface area (Å²) in [5, 5.41) is 0. The Balaban J connectivity index is 0.000000136. The van der Waals surface area contributed by atoms with Gasteiger partial charge in [0.05, 0.1) is 13.2 Å². The number of epoxide rings is 2. The lowest BCUT2D eigenvalue weighted by Crippen LogP contribution is -2.03. The minimum absolute atomic E-state index is 0.339. The molecule has 2 aromatic rings. The first-order valence-corrected chi connectivity index (χ1v) is 7.90. The number of ether oxygens (including phenoxy) is 4. The van der Waals surface area contributed by atoms with Crippen molar-refractivity contribution in [3.63, 3.8) is 0 Å². The van der Waals surface area contributed by atoms with Crippen LogP contribution in [0.1, 0.15) is 5.56 Å². The van der Waals surface area contributed by atoms with Gasteiger partial charge >= 0.3 is 0 Å². The van der Waals surface area contributed by atoms with Crippen LogP contribution in [-0.2, 0) is 9.47 Å². The number of hydrogen-bond acceptors (Lipinski definition) is 4. The second kappa shape index (κ2) is 7.99. The fourth-order valence-corrected chi connectivity index (χ4v) is 1.86. The summed E-state index contributed by atoms with van der Waals surface area (Å²) in [7, 11) is 0. The molecule has 0 spiro atoms. The van der Waals surface area contributed by atoms with Gasteiger partial charge in [0.15, 0.2) is 0 Å². The maximum absolute atomic E-state index is 5.46. The molecule has 4 nitrogen and oxygen atoms in total. The molecule has 2 fully saturated rings. The van der Waals surface area contributed by atoms with Gasteiger partial charge in [-0.05, 0) is 31.2 Å². The van der Waals surface area contributed by atoms with E-state index in [1.54, 1.807) is 0 Å². The number of para-hydroxylation sites is 1. The van der Waals surface area contributed by atoms with E-state index in [2.05, 4.69) is 6.92 Å². The summed E-state index contributed by atoms with van der Waals surface area (Å²) in [6.45, 7) is 5.14. The Bertz CT molecular complexity index is 574. The van der Waals surface area contributed by atoms with Crippen LogP contribution in [0.4, 0.5) is 0 Å². The van der Waals surface area contributed by atoms with Crippen LogP contribution < -0.4 is 9.47 Å². The fourth-order valence-electron chi connectivity index (χ4n) is 1.86. The zero-order valence-electron chi connectivity index (χ0n) is 13.3. The maximum Gasteiger partial charge on any atom is 0.119 e. The van der Waals surface area contributed by atoms with Crippen LogP contribution >= 0.6 is 0 Å². The molecule has 0 N–H and O–H groups in total. The van der Waals surface area contributed by atoms with Crippen LogP contribution in [0.5, 0.6) is 11.5 Å². The topological polar surface area (TPSA) is 43.5 Å². The molecular formula is C19H22O4. The van der Waals surface area contributed by atoms with Gasteiger partial charge in [-0.25, -0.2) is 0 Å². The van der Waals surface area contributed by atoms with Gasteiger partial charge in [0.25, 0.3) is 0 Å². The molecule has 0 radical (unpaired) electrons. The normalized spacial score (nSPS) is 20.9. The number of aryl methyl sites for hydroxylation is 1. The molecule has 0 amide bonds. The fraction of sp³-hybridized carbons (Fsp3) is 0.368. The minimum Gasteiger partial charge on any atom is -0.491 e. The summed E-state index contributed by atoms with van der Waals surface area (Å²) in [4.78, 5) is 0. The van der Waals surface area contributed by atoms with Gasteiger partial charge < -0.3 is 18.9 Å². The van der Waals surface area contributed by atoms with Crippen molar-refractivity contribution < 1.29 is 18.9 Å². The van der Waals surface area contributed by atoms with Crippen molar-refractivity contribution in [3.8, 4) is 11.5 Å². The van der Waals surface area contributed by atoms with Crippen LogP contribution in [0, 0.1) is 6.92 Å². The molecule has 0 aliphatic carbocycles. The minimum atomic E-state index is 0.339. The predicted molar refractivity (Wildman–Crippen MR) is 88.1 cm³/mol. The van der Waals surface area contributed by atoms with Gasteiger partial charge in [-0.3, -0.25) is 0 Å². The van der Waals surface area contributed by atoms with Gasteiger partial charge in [0.1, 0.15) is 36.9 Å². The Morgan fingerprint density at radius 2 is 1.26 bits per heavy atom. The largest absolute Gasteiger partial charge is 0.491 e. The van der Waals surface area contributed by atoms with Crippen molar-refractivity contribution >= 4 is 0 Å². The molecule has 2 atom stereocenters. The lowest BCUT2D eigenvalue weighted by Gasteiger charge is -2.03. The highest BCUT2D eigenvalue weighted by molar-refractivity contribution is 5.26. The average molecular weight is 314 g/mol. The molecule has 2 saturated heterocycles. The molecule has 23 heavy (non-hydrogen) atoms. The summed E-state index contributed by atoms with van der Waals surface area (Å²) in [6, 6.07) is 17.8. The lowest BCUT2D eigenvalue weighted by atomic mass is 10.2. The van der Waals surface area contributed by atoms with Gasteiger partial charge in [-0.1, -0.05) is 35.9 Å². The van der Waals surface area contributed by atoms with Gasteiger partial charge in [0, 0.05) is 0 Å². The monoisotopic (exact) mass is 314 g/mol. The molecule has 0 saturated carbocycles. The zero-order chi connectivity index (χ0) is 15.9. The highest BCUT2D eigenvalue weighted by Crippen LogP contribution is 2.15. The molecule has 4 heteroatoms. The molecule has 2 aliphatic heterocycles. The Morgan fingerprint density at radius 3 is 1.74 bits per heavy atom. The van der Waals surface area contributed by atoms with Crippen molar-refractivity contribution in [1.29, 1.82) is 0 Å². The molecule has 4 rings (SSSR count). The third-order valence-corrected chi connectivity index (χ3v) is 3.44. The number of rotatable bonds is 6. The highest BCUT2D eigenvalue weighted by Gasteiger charge is 2.23. The SMILES string of the molecule is Cc1ccc(OCC2CO2)cc1.c1ccc(OCC2CO2)cc1. The van der Waals surface area contributed by atoms with Crippen LogP contribution in [0.15, 0.2) is 54.6 Å². The quantitative estimate of drug-likeness (QED) is 0.768. The van der Waals surface area contributed by atoms with E-state index in [4.69, 9.17) is 18.9 Å². The summed E-state index contributed by atoms with van der Waals surface area (Å²) in [5.41, 5.74) is 1.25. The van der Waals surface area contributed by atoms with Crippen molar-refractivity contribution in [2.45, 2.75) is 19.1 Å². The molecule has 2 unspecified atom stereocenters. The van der Waals surface area contributed by atoms with Crippen LogP contribution in [0.2, 0.25) is 0 Å². The van der Waals surface area contributed by atoms with Crippen LogP contribution in [0.25, 0.3) is 0 Å². The van der Waals surface area contributed by atoms with Crippen molar-refractivity contribution in [2.75, 3.05) is 26.4 Å². The molecule has 0 bridgehead atoms. The van der Waals surface area contributed by atoms with Crippen LogP contribution in [0.3, 0.4) is 0 Å². The highest BCUT2D eigenvalue weighted by atomic mass is 16.6. The molecule has 122 valence electrons. The Morgan fingerprint density at radius 1 is 0.783 bits per heavy atom. The van der Waals surface area contributed by atoms with E-state index in [0.29, 0.717) is 25.4 Å². The average Bonchev–Trinajstić information content (AvgIpc) is 3.49. The third kappa shape index (κ3) is 6.30. The van der Waals surface area contributed by atoms with E-state index < -0.39 is 0 Å². The van der Waals surface area contributed by atoms with Crippen LogP contribution in [-0.4, -0.2) is 38.6 Å². The summed E-state index contributed by atoms with van der Waals surface area (Å²) in [6.07, 6.45) is 0.682. The first kappa shape index (κ1) is 15.8. The molecule has 2 aromatic carbocycles. The number of hydrogen-bond donors (Lipinski definition) is 0. The summed E-state index contributed by atoms with van der Waals surface area (Å²) < 4.78 is 20.9. The Hall–Kier alpha value is -2.04. The van der Waals surface area contributed by atoms with Crippen molar-refractivity contribution in [3.05, 3.63) is 60.2 Å². The zero-order valence-corrected chi connectivity index (χ0v) is 13.3. The molecule has 2 heterocycles. The summed E-state index contributed by atoms with van der Waals surface area (Å²) in [5.74, 6) is 1.85. The first-order chi connectivity index (χ1) is 11.3. The van der Waals surface area contributed by atoms with E-state index in [0.717, 1.165) is 24.7 Å². The Kier molecular flexibility index (Phi) is 5.51. The van der Waals surface area contributed by atoms with E-state index in [-0.39, 0.29) is 0 Å². The lowest BCUT2D eigenvalue weighted by molar-refractivity contribution is 0.263. The smallest absolute Gasteiger partial charge is 0.119 e.